The molecule has 1 aliphatic heterocycles. The number of nitrogens with zero attached hydrogens (tertiary/aromatic N) is 1. The Labute approximate surface area is 107 Å². The lowest BCUT2D eigenvalue weighted by atomic mass is 10.0. The van der Waals surface area contributed by atoms with Gasteiger partial charge in [0.1, 0.15) is 0 Å². The van der Waals surface area contributed by atoms with Crippen LogP contribution in [0.4, 0.5) is 0 Å². The van der Waals surface area contributed by atoms with Crippen LogP contribution < -0.4 is 5.32 Å². The van der Waals surface area contributed by atoms with E-state index in [0.717, 1.165) is 26.2 Å². The third-order valence-corrected chi connectivity index (χ3v) is 3.54. The zero-order valence-electron chi connectivity index (χ0n) is 11.9. The van der Waals surface area contributed by atoms with Crippen LogP contribution in [-0.2, 0) is 4.74 Å². The molecule has 1 N–H and O–H groups in total. The Hall–Kier alpha value is -0.120. The third kappa shape index (κ3) is 6.39. The minimum atomic E-state index is 0.639. The van der Waals surface area contributed by atoms with E-state index in [4.69, 9.17) is 4.74 Å². The monoisotopic (exact) mass is 242 g/mol. The van der Waals surface area contributed by atoms with Crippen LogP contribution in [0, 0.1) is 0 Å². The summed E-state index contributed by atoms with van der Waals surface area (Å²) in [6, 6.07) is 1.35. The smallest absolute Gasteiger partial charge is 0.0478 e. The van der Waals surface area contributed by atoms with E-state index in [-0.39, 0.29) is 0 Å². The largest absolute Gasteiger partial charge is 0.382 e. The molecule has 0 aromatic rings. The van der Waals surface area contributed by atoms with Crippen molar-refractivity contribution in [1.82, 2.24) is 10.2 Å². The van der Waals surface area contributed by atoms with Gasteiger partial charge in [-0.15, -0.1) is 0 Å². The van der Waals surface area contributed by atoms with Crippen LogP contribution in [0.2, 0.25) is 0 Å². The van der Waals surface area contributed by atoms with Crippen molar-refractivity contribution in [1.29, 1.82) is 0 Å². The number of hydrogen-bond acceptors (Lipinski definition) is 3. The van der Waals surface area contributed by atoms with Crippen LogP contribution in [0.1, 0.15) is 46.5 Å². The molecular formula is C14H30N2O. The van der Waals surface area contributed by atoms with Crippen molar-refractivity contribution < 1.29 is 4.74 Å². The van der Waals surface area contributed by atoms with E-state index >= 15 is 0 Å². The molecule has 0 bridgehead atoms. The van der Waals surface area contributed by atoms with Gasteiger partial charge in [0.25, 0.3) is 0 Å². The molecule has 3 nitrogen and oxygen atoms in total. The van der Waals surface area contributed by atoms with Gasteiger partial charge in [0.05, 0.1) is 0 Å². The SMILES string of the molecule is CCOCCCN(CC1CCCCN1)C(C)C. The molecule has 17 heavy (non-hydrogen) atoms. The molecule has 0 aromatic carbocycles. The van der Waals surface area contributed by atoms with Gasteiger partial charge in [-0.25, -0.2) is 0 Å². The molecule has 1 heterocycles. The summed E-state index contributed by atoms with van der Waals surface area (Å²) in [5.41, 5.74) is 0. The Morgan fingerprint density at radius 3 is 2.76 bits per heavy atom. The molecule has 0 amide bonds. The van der Waals surface area contributed by atoms with E-state index in [0.29, 0.717) is 12.1 Å². The van der Waals surface area contributed by atoms with Crippen molar-refractivity contribution >= 4 is 0 Å². The molecule has 1 fully saturated rings. The minimum absolute atomic E-state index is 0.639. The molecule has 0 spiro atoms. The lowest BCUT2D eigenvalue weighted by Gasteiger charge is -2.33. The van der Waals surface area contributed by atoms with Crippen molar-refractivity contribution in [3.05, 3.63) is 0 Å². The molecule has 0 saturated carbocycles. The molecule has 0 aromatic heterocycles. The third-order valence-electron chi connectivity index (χ3n) is 3.54. The molecule has 1 saturated heterocycles. The second-order valence-corrected chi connectivity index (χ2v) is 5.29. The second kappa shape index (κ2) is 8.90. The summed E-state index contributed by atoms with van der Waals surface area (Å²) in [4.78, 5) is 2.59. The zero-order valence-corrected chi connectivity index (χ0v) is 11.9. The van der Waals surface area contributed by atoms with Crippen molar-refractivity contribution in [3.63, 3.8) is 0 Å². The van der Waals surface area contributed by atoms with Crippen molar-refractivity contribution in [2.75, 3.05) is 32.8 Å². The van der Waals surface area contributed by atoms with Crippen molar-refractivity contribution in [2.24, 2.45) is 0 Å². The lowest BCUT2D eigenvalue weighted by Crippen LogP contribution is -2.46. The Morgan fingerprint density at radius 2 is 2.18 bits per heavy atom. The zero-order chi connectivity index (χ0) is 12.5. The Bertz CT molecular complexity index is 179. The molecule has 3 heteroatoms. The van der Waals surface area contributed by atoms with Crippen LogP contribution in [0.3, 0.4) is 0 Å². The summed E-state index contributed by atoms with van der Waals surface area (Å²) >= 11 is 0. The van der Waals surface area contributed by atoms with Crippen LogP contribution in [-0.4, -0.2) is 49.8 Å². The van der Waals surface area contributed by atoms with Gasteiger partial charge in [-0.1, -0.05) is 6.42 Å². The highest BCUT2D eigenvalue weighted by molar-refractivity contribution is 4.77. The summed E-state index contributed by atoms with van der Waals surface area (Å²) in [6.07, 6.45) is 5.23. The summed E-state index contributed by atoms with van der Waals surface area (Å²) in [5.74, 6) is 0. The summed E-state index contributed by atoms with van der Waals surface area (Å²) in [6.45, 7) is 12.0. The first-order valence-electron chi connectivity index (χ1n) is 7.29. The molecular weight excluding hydrogens is 212 g/mol. The molecule has 1 atom stereocenters. The average Bonchev–Trinajstić information content (AvgIpc) is 2.34. The minimum Gasteiger partial charge on any atom is -0.382 e. The number of hydrogen-bond donors (Lipinski definition) is 1. The summed E-state index contributed by atoms with van der Waals surface area (Å²) in [5, 5.41) is 3.63. The van der Waals surface area contributed by atoms with Gasteiger partial charge in [-0.3, -0.25) is 4.90 Å². The van der Waals surface area contributed by atoms with Crippen LogP contribution in [0.15, 0.2) is 0 Å². The van der Waals surface area contributed by atoms with E-state index in [2.05, 4.69) is 31.0 Å². The van der Waals surface area contributed by atoms with Gasteiger partial charge in [-0.05, 0) is 46.6 Å². The normalized spacial score (nSPS) is 21.4. The topological polar surface area (TPSA) is 24.5 Å². The van der Waals surface area contributed by atoms with E-state index in [1.54, 1.807) is 0 Å². The maximum absolute atomic E-state index is 5.41. The average molecular weight is 242 g/mol. The fourth-order valence-corrected chi connectivity index (χ4v) is 2.44. The molecule has 1 rings (SSSR count). The predicted octanol–water partition coefficient (Wildman–Crippen LogP) is 2.27. The first-order chi connectivity index (χ1) is 8.24. The lowest BCUT2D eigenvalue weighted by molar-refractivity contribution is 0.119. The number of nitrogens with one attached hydrogen (secondary N) is 1. The highest BCUT2D eigenvalue weighted by atomic mass is 16.5. The second-order valence-electron chi connectivity index (χ2n) is 5.29. The van der Waals surface area contributed by atoms with Crippen LogP contribution in [0.5, 0.6) is 0 Å². The first kappa shape index (κ1) is 14.9. The molecule has 0 aliphatic carbocycles. The van der Waals surface area contributed by atoms with E-state index in [1.165, 1.54) is 32.4 Å². The number of ether oxygens (including phenoxy) is 1. The quantitative estimate of drug-likeness (QED) is 0.661. The maximum atomic E-state index is 5.41. The van der Waals surface area contributed by atoms with Gasteiger partial charge in [0.2, 0.25) is 0 Å². The molecule has 1 aliphatic rings. The van der Waals surface area contributed by atoms with Gasteiger partial charge in [0.15, 0.2) is 0 Å². The number of piperidine rings is 1. The van der Waals surface area contributed by atoms with Gasteiger partial charge < -0.3 is 10.1 Å². The highest BCUT2D eigenvalue weighted by Gasteiger charge is 2.17. The fraction of sp³-hybridized carbons (Fsp3) is 1.00. The Morgan fingerprint density at radius 1 is 1.35 bits per heavy atom. The predicted molar refractivity (Wildman–Crippen MR) is 73.5 cm³/mol. The molecule has 1 unspecified atom stereocenters. The van der Waals surface area contributed by atoms with Gasteiger partial charge in [0, 0.05) is 38.4 Å². The Balaban J connectivity index is 2.21. The van der Waals surface area contributed by atoms with Crippen molar-refractivity contribution in [3.8, 4) is 0 Å². The van der Waals surface area contributed by atoms with Gasteiger partial charge in [-0.2, -0.15) is 0 Å². The first-order valence-corrected chi connectivity index (χ1v) is 7.29. The fourth-order valence-electron chi connectivity index (χ4n) is 2.44. The van der Waals surface area contributed by atoms with Crippen LogP contribution in [0.25, 0.3) is 0 Å². The molecule has 0 radical (unpaired) electrons. The number of rotatable bonds is 8. The Kier molecular flexibility index (Phi) is 7.82. The van der Waals surface area contributed by atoms with E-state index in [9.17, 15) is 0 Å². The molecule has 102 valence electrons. The van der Waals surface area contributed by atoms with E-state index in [1.807, 2.05) is 0 Å². The highest BCUT2D eigenvalue weighted by Crippen LogP contribution is 2.10. The van der Waals surface area contributed by atoms with Crippen molar-refractivity contribution in [2.45, 2.75) is 58.5 Å². The van der Waals surface area contributed by atoms with Crippen LogP contribution >= 0.6 is 0 Å². The summed E-state index contributed by atoms with van der Waals surface area (Å²) in [7, 11) is 0. The maximum Gasteiger partial charge on any atom is 0.0478 e. The van der Waals surface area contributed by atoms with Gasteiger partial charge >= 0.3 is 0 Å². The standard InChI is InChI=1S/C14H30N2O/c1-4-17-11-7-10-16(13(2)3)12-14-8-5-6-9-15-14/h13-15H,4-12H2,1-3H3. The van der Waals surface area contributed by atoms with E-state index < -0.39 is 0 Å². The summed E-state index contributed by atoms with van der Waals surface area (Å²) < 4.78 is 5.41.